The highest BCUT2D eigenvalue weighted by atomic mass is 16.6. The molecule has 14 heteroatoms. The fourth-order valence-corrected chi connectivity index (χ4v) is 5.20. The highest BCUT2D eigenvalue weighted by Crippen LogP contribution is 2.22. The zero-order valence-corrected chi connectivity index (χ0v) is 29.6. The fraction of sp³-hybridized carbons (Fsp3) is 0.432. The van der Waals surface area contributed by atoms with Crippen molar-refractivity contribution >= 4 is 40.5 Å². The Balaban J connectivity index is 1.34. The van der Waals surface area contributed by atoms with Crippen LogP contribution in [0.2, 0.25) is 0 Å². The third-order valence-electron chi connectivity index (χ3n) is 8.08. The number of pyridine rings is 1. The highest BCUT2D eigenvalue weighted by molar-refractivity contribution is 6.07. The van der Waals surface area contributed by atoms with Crippen molar-refractivity contribution in [2.75, 3.05) is 56.9 Å². The van der Waals surface area contributed by atoms with E-state index >= 15 is 0 Å². The predicted molar refractivity (Wildman–Crippen MR) is 194 cm³/mol. The van der Waals surface area contributed by atoms with Crippen LogP contribution in [0, 0.1) is 0 Å². The van der Waals surface area contributed by atoms with E-state index in [1.807, 2.05) is 41.9 Å². The first-order chi connectivity index (χ1) is 24.8. The monoisotopic (exact) mass is 703 g/mol. The summed E-state index contributed by atoms with van der Waals surface area (Å²) in [5.41, 5.74) is 9.67. The van der Waals surface area contributed by atoms with Crippen molar-refractivity contribution in [3.63, 3.8) is 0 Å². The normalized spacial score (nSPS) is 11.6. The summed E-state index contributed by atoms with van der Waals surface area (Å²) in [4.78, 5) is 48.9. The Bertz CT molecular complexity index is 1680. The van der Waals surface area contributed by atoms with Crippen LogP contribution in [-0.4, -0.2) is 79.2 Å². The number of ether oxygens (including phenoxy) is 4. The second kappa shape index (κ2) is 20.6. The molecule has 274 valence electrons. The standard InChI is InChI=1S/C37H49N7O7/c1-4-5-6-9-20-51-37(47)42-35(38)27-11-14-29(15-12-27)40-26-33-41-30-25-28(13-16-31(30)43(33)2)36(46)44(32-10-7-8-18-39-32)19-17-34(45)50-24-23-49-22-21-48-3/h7-8,10-16,18,25,35,40H,4-6,9,17,19-24,26,38H2,1-3H3,(H,42,47). The predicted octanol–water partition coefficient (Wildman–Crippen LogP) is 5.09. The Morgan fingerprint density at radius 3 is 2.49 bits per heavy atom. The van der Waals surface area contributed by atoms with Gasteiger partial charge in [-0.15, -0.1) is 0 Å². The summed E-state index contributed by atoms with van der Waals surface area (Å²) in [5, 5.41) is 6.03. The van der Waals surface area contributed by atoms with E-state index in [1.54, 1.807) is 43.6 Å². The molecule has 51 heavy (non-hydrogen) atoms. The minimum atomic E-state index is -0.696. The molecule has 0 bridgehead atoms. The third-order valence-corrected chi connectivity index (χ3v) is 8.08. The van der Waals surface area contributed by atoms with Crippen molar-refractivity contribution in [2.24, 2.45) is 12.8 Å². The number of hydrogen-bond acceptors (Lipinski definition) is 11. The number of nitrogens with two attached hydrogens (primary N) is 1. The van der Waals surface area contributed by atoms with Gasteiger partial charge in [0.1, 0.15) is 24.4 Å². The molecule has 2 amide bonds. The summed E-state index contributed by atoms with van der Waals surface area (Å²) < 4.78 is 22.7. The minimum Gasteiger partial charge on any atom is -0.463 e. The van der Waals surface area contributed by atoms with Crippen LogP contribution in [0.25, 0.3) is 11.0 Å². The summed E-state index contributed by atoms with van der Waals surface area (Å²) in [6.07, 6.45) is 4.45. The van der Waals surface area contributed by atoms with E-state index in [9.17, 15) is 14.4 Å². The Labute approximate surface area is 298 Å². The van der Waals surface area contributed by atoms with Crippen molar-refractivity contribution in [1.82, 2.24) is 19.9 Å². The number of hydrogen-bond donors (Lipinski definition) is 3. The molecule has 1 unspecified atom stereocenters. The molecule has 0 saturated carbocycles. The summed E-state index contributed by atoms with van der Waals surface area (Å²) in [6, 6.07) is 18.0. The zero-order chi connectivity index (χ0) is 36.4. The van der Waals surface area contributed by atoms with Crippen molar-refractivity contribution in [3.05, 3.63) is 83.8 Å². The maximum absolute atomic E-state index is 13.8. The molecule has 2 heterocycles. The van der Waals surface area contributed by atoms with Gasteiger partial charge >= 0.3 is 12.1 Å². The molecule has 1 atom stereocenters. The van der Waals surface area contributed by atoms with Crippen LogP contribution in [0.1, 0.15) is 66.9 Å². The second-order valence-corrected chi connectivity index (χ2v) is 11.8. The minimum absolute atomic E-state index is 0.0167. The van der Waals surface area contributed by atoms with Gasteiger partial charge < -0.3 is 39.9 Å². The topological polar surface area (TPSA) is 172 Å². The van der Waals surface area contributed by atoms with Gasteiger partial charge in [-0.3, -0.25) is 14.5 Å². The second-order valence-electron chi connectivity index (χ2n) is 11.8. The Hall–Kier alpha value is -5.05. The van der Waals surface area contributed by atoms with E-state index in [-0.39, 0.29) is 32.1 Å². The van der Waals surface area contributed by atoms with Crippen molar-refractivity contribution in [3.8, 4) is 0 Å². The number of carbonyl (C=O) groups is 3. The van der Waals surface area contributed by atoms with Gasteiger partial charge in [0.2, 0.25) is 0 Å². The summed E-state index contributed by atoms with van der Waals surface area (Å²) in [6.45, 7) is 4.25. The molecule has 0 aliphatic carbocycles. The first kappa shape index (κ1) is 38.7. The van der Waals surface area contributed by atoms with Crippen LogP contribution in [0.15, 0.2) is 66.9 Å². The molecule has 2 aromatic carbocycles. The number of unbranched alkanes of at least 4 members (excludes halogenated alkanes) is 3. The Morgan fingerprint density at radius 1 is 0.941 bits per heavy atom. The average molecular weight is 704 g/mol. The molecule has 0 aliphatic heterocycles. The number of esters is 1. The SMILES string of the molecule is CCCCCCOC(=O)NC(N)c1ccc(NCc2nc3cc(C(=O)N(CCC(=O)OCCOCCOC)c4ccccn4)ccc3n2C)cc1. The van der Waals surface area contributed by atoms with Crippen LogP contribution < -0.4 is 21.3 Å². The van der Waals surface area contributed by atoms with E-state index in [1.165, 1.54) is 4.90 Å². The smallest absolute Gasteiger partial charge is 0.408 e. The van der Waals surface area contributed by atoms with Crippen LogP contribution >= 0.6 is 0 Å². The molecule has 4 N–H and O–H groups in total. The molecular formula is C37H49N7O7. The summed E-state index contributed by atoms with van der Waals surface area (Å²) in [7, 11) is 3.50. The van der Waals surface area contributed by atoms with E-state index in [4.69, 9.17) is 29.7 Å². The molecule has 4 aromatic rings. The van der Waals surface area contributed by atoms with E-state index < -0.39 is 18.2 Å². The van der Waals surface area contributed by atoms with Gasteiger partial charge in [0.05, 0.1) is 50.4 Å². The molecular weight excluding hydrogens is 654 g/mol. The zero-order valence-electron chi connectivity index (χ0n) is 29.6. The fourth-order valence-electron chi connectivity index (χ4n) is 5.20. The largest absolute Gasteiger partial charge is 0.463 e. The lowest BCUT2D eigenvalue weighted by molar-refractivity contribution is -0.145. The van der Waals surface area contributed by atoms with Crippen LogP contribution in [-0.2, 0) is 37.3 Å². The molecule has 0 fully saturated rings. The number of carbonyl (C=O) groups excluding carboxylic acids is 3. The average Bonchev–Trinajstić information content (AvgIpc) is 3.46. The van der Waals surface area contributed by atoms with Gasteiger partial charge in [0.25, 0.3) is 5.91 Å². The van der Waals surface area contributed by atoms with Crippen molar-refractivity contribution in [1.29, 1.82) is 0 Å². The van der Waals surface area contributed by atoms with Crippen molar-refractivity contribution < 1.29 is 33.3 Å². The molecule has 2 aromatic heterocycles. The highest BCUT2D eigenvalue weighted by Gasteiger charge is 2.22. The number of methoxy groups -OCH3 is 1. The number of nitrogens with zero attached hydrogens (tertiary/aromatic N) is 4. The lowest BCUT2D eigenvalue weighted by atomic mass is 10.1. The number of aromatic nitrogens is 3. The van der Waals surface area contributed by atoms with Crippen LogP contribution in [0.4, 0.5) is 16.3 Å². The number of fused-ring (bicyclic) bond motifs is 1. The molecule has 0 spiro atoms. The molecule has 0 aliphatic rings. The maximum atomic E-state index is 13.8. The van der Waals surface area contributed by atoms with Crippen molar-refractivity contribution in [2.45, 2.75) is 51.7 Å². The number of benzene rings is 2. The van der Waals surface area contributed by atoms with Gasteiger partial charge in [0.15, 0.2) is 0 Å². The summed E-state index contributed by atoms with van der Waals surface area (Å²) >= 11 is 0. The Morgan fingerprint density at radius 2 is 1.75 bits per heavy atom. The van der Waals surface area contributed by atoms with Gasteiger partial charge in [-0.05, 0) is 54.4 Å². The molecule has 4 rings (SSSR count). The van der Waals surface area contributed by atoms with E-state index in [0.717, 1.165) is 48.3 Å². The number of nitrogens with one attached hydrogen (secondary N) is 2. The first-order valence-electron chi connectivity index (χ1n) is 17.2. The number of amides is 2. The molecule has 0 saturated heterocycles. The lowest BCUT2D eigenvalue weighted by Crippen LogP contribution is -2.34. The quantitative estimate of drug-likeness (QED) is 0.0600. The first-order valence-corrected chi connectivity index (χ1v) is 17.2. The van der Waals surface area contributed by atoms with E-state index in [0.29, 0.717) is 43.3 Å². The van der Waals surface area contributed by atoms with Gasteiger partial charge in [0, 0.05) is 38.1 Å². The number of alkyl carbamates (subject to hydrolysis) is 1. The molecule has 14 nitrogen and oxygen atoms in total. The van der Waals surface area contributed by atoms with Gasteiger partial charge in [-0.1, -0.05) is 44.4 Å². The third kappa shape index (κ3) is 12.1. The van der Waals surface area contributed by atoms with Crippen LogP contribution in [0.3, 0.4) is 0 Å². The summed E-state index contributed by atoms with van der Waals surface area (Å²) in [5.74, 6) is 0.419. The number of anilines is 2. The lowest BCUT2D eigenvalue weighted by Gasteiger charge is -2.21. The van der Waals surface area contributed by atoms with Crippen LogP contribution in [0.5, 0.6) is 0 Å². The van der Waals surface area contributed by atoms with Gasteiger partial charge in [-0.25, -0.2) is 14.8 Å². The maximum Gasteiger partial charge on any atom is 0.408 e. The number of aryl methyl sites for hydroxylation is 1. The number of imidazole rings is 1. The molecule has 0 radical (unpaired) electrons. The number of rotatable bonds is 21. The Kier molecular flexibility index (Phi) is 15.6. The van der Waals surface area contributed by atoms with Gasteiger partial charge in [-0.2, -0.15) is 0 Å². The van der Waals surface area contributed by atoms with E-state index in [2.05, 4.69) is 22.5 Å².